The number of halogens is 6. The summed E-state index contributed by atoms with van der Waals surface area (Å²) in [5.74, 6) is 1.96. The second kappa shape index (κ2) is 30.6. The summed E-state index contributed by atoms with van der Waals surface area (Å²) in [6.45, 7) is 6.21. The molecular weight excluding hydrogens is 810 g/mol. The van der Waals surface area contributed by atoms with Crippen molar-refractivity contribution in [3.8, 4) is 11.5 Å². The van der Waals surface area contributed by atoms with Gasteiger partial charge in [0, 0.05) is 0 Å². The van der Waals surface area contributed by atoms with Crippen molar-refractivity contribution < 1.29 is 34.7 Å². The second-order valence-electron chi connectivity index (χ2n) is 16.4. The molecule has 10 heteroatoms. The summed E-state index contributed by atoms with van der Waals surface area (Å²) in [6.07, 6.45) is 38.7. The fourth-order valence-electron chi connectivity index (χ4n) is 7.28. The van der Waals surface area contributed by atoms with Crippen LogP contribution in [0.5, 0.6) is 11.5 Å². The normalized spacial score (nSPS) is 12.8. The van der Waals surface area contributed by atoms with Crippen LogP contribution >= 0.6 is 7.81 Å². The molecule has 0 radical (unpaired) electrons. The first-order chi connectivity index (χ1) is 28.8. The van der Waals surface area contributed by atoms with Crippen molar-refractivity contribution in [2.24, 2.45) is 0 Å². The van der Waals surface area contributed by atoms with Crippen LogP contribution in [-0.4, -0.2) is 13.2 Å². The van der Waals surface area contributed by atoms with Crippen LogP contribution in [-0.2, 0) is 10.9 Å². The molecule has 2 nitrogen and oxygen atoms in total. The van der Waals surface area contributed by atoms with Gasteiger partial charge < -0.3 is 9.47 Å². The molecule has 0 spiro atoms. The molecule has 0 aliphatic heterocycles. The van der Waals surface area contributed by atoms with Crippen molar-refractivity contribution in [1.29, 1.82) is 0 Å². The van der Waals surface area contributed by atoms with Crippen molar-refractivity contribution in [2.75, 3.05) is 13.2 Å². The summed E-state index contributed by atoms with van der Waals surface area (Å²) in [5.41, 5.74) is 0. The van der Waals surface area contributed by atoms with E-state index in [2.05, 4.69) is 92.7 Å². The molecule has 0 aliphatic rings. The second-order valence-corrected chi connectivity index (χ2v) is 20.4. The van der Waals surface area contributed by atoms with Crippen molar-refractivity contribution in [2.45, 2.75) is 208 Å². The molecule has 3 aromatic rings. The van der Waals surface area contributed by atoms with Gasteiger partial charge in [0.2, 0.25) is 0 Å². The van der Waals surface area contributed by atoms with Crippen molar-refractivity contribution in [1.82, 2.24) is 0 Å². The molecular formula is C50H79F6O2PS. The molecule has 0 N–H and O–H groups in total. The first-order valence-corrected chi connectivity index (χ1v) is 26.8. The molecule has 0 amide bonds. The third-order valence-corrected chi connectivity index (χ3v) is 12.9. The summed E-state index contributed by atoms with van der Waals surface area (Å²) in [5, 5.41) is 0. The summed E-state index contributed by atoms with van der Waals surface area (Å²) in [7, 11) is -10.8. The summed E-state index contributed by atoms with van der Waals surface area (Å²) < 4.78 is 71.5. The van der Waals surface area contributed by atoms with E-state index in [0.717, 1.165) is 37.6 Å². The van der Waals surface area contributed by atoms with Crippen LogP contribution in [0.25, 0.3) is 0 Å². The maximum atomic E-state index is 9.87. The van der Waals surface area contributed by atoms with E-state index < -0.39 is 7.81 Å². The summed E-state index contributed by atoms with van der Waals surface area (Å²) in [6, 6.07) is 28.6. The van der Waals surface area contributed by atoms with E-state index in [1.165, 1.54) is 182 Å². The average Bonchev–Trinajstić information content (AvgIpc) is 3.21. The monoisotopic (exact) mass is 889 g/mol. The SMILES string of the molecule is CCCCCCCCCCCCCCCCOc1ccc([S+](c2ccccc2)c2ccc(OCCCCCCCCCCCCCCCC)cc2)cc1.F[P-](F)(F)(F)(F)F. The van der Waals surface area contributed by atoms with Crippen LogP contribution in [0.4, 0.5) is 25.2 Å². The van der Waals surface area contributed by atoms with Crippen LogP contribution in [0, 0.1) is 0 Å². The van der Waals surface area contributed by atoms with Crippen LogP contribution < -0.4 is 9.47 Å². The van der Waals surface area contributed by atoms with Crippen molar-refractivity contribution >= 4 is 18.7 Å². The zero-order chi connectivity index (χ0) is 43.7. The standard InChI is InChI=1S/C50H79O2S.F6P/c1-3-5-7-9-11-13-15-17-19-21-23-25-27-32-44-51-46-36-40-49(41-37-46)53(48-34-30-29-31-35-48)50-42-38-47(39-43-50)52-45-33-28-26-24-22-20-18-16-14-12-10-8-6-4-2;1-7(2,3,4,5)6/h29-31,34-43H,3-28,32-33,44-45H2,1-2H3;/q+1;-1. The van der Waals surface area contributed by atoms with E-state index in [9.17, 15) is 25.2 Å². The predicted molar refractivity (Wildman–Crippen MR) is 247 cm³/mol. The molecule has 3 rings (SSSR count). The minimum absolute atomic E-state index is 0.177. The zero-order valence-corrected chi connectivity index (χ0v) is 38.9. The van der Waals surface area contributed by atoms with Gasteiger partial charge in [-0.1, -0.05) is 199 Å². The van der Waals surface area contributed by atoms with Gasteiger partial charge in [-0.3, -0.25) is 0 Å². The third kappa shape index (κ3) is 32.3. The molecule has 0 bridgehead atoms. The molecule has 0 fully saturated rings. The number of hydrogen-bond donors (Lipinski definition) is 0. The molecule has 0 saturated carbocycles. The topological polar surface area (TPSA) is 18.5 Å². The van der Waals surface area contributed by atoms with Gasteiger partial charge in [-0.25, -0.2) is 0 Å². The molecule has 0 unspecified atom stereocenters. The Morgan fingerprint density at radius 3 is 0.833 bits per heavy atom. The van der Waals surface area contributed by atoms with Crippen molar-refractivity contribution in [3.63, 3.8) is 0 Å². The van der Waals surface area contributed by atoms with Gasteiger partial charge in [0.05, 0.1) is 24.1 Å². The quantitative estimate of drug-likeness (QED) is 0.0254. The van der Waals surface area contributed by atoms with E-state index in [1.54, 1.807) is 0 Å². The third-order valence-electron chi connectivity index (χ3n) is 10.6. The van der Waals surface area contributed by atoms with Gasteiger partial charge in [0.1, 0.15) is 11.5 Å². The van der Waals surface area contributed by atoms with Gasteiger partial charge in [0.25, 0.3) is 0 Å². The molecule has 0 saturated heterocycles. The molecule has 0 aliphatic carbocycles. The fourth-order valence-corrected chi connectivity index (χ4v) is 9.34. The van der Waals surface area contributed by atoms with Crippen LogP contribution in [0.3, 0.4) is 0 Å². The molecule has 0 heterocycles. The number of hydrogen-bond acceptors (Lipinski definition) is 2. The molecule has 60 heavy (non-hydrogen) atoms. The zero-order valence-electron chi connectivity index (χ0n) is 37.2. The van der Waals surface area contributed by atoms with E-state index in [1.807, 2.05) is 0 Å². The van der Waals surface area contributed by atoms with Gasteiger partial charge in [0.15, 0.2) is 14.7 Å². The number of benzene rings is 3. The van der Waals surface area contributed by atoms with Crippen LogP contribution in [0.1, 0.15) is 194 Å². The molecule has 344 valence electrons. The van der Waals surface area contributed by atoms with E-state index in [4.69, 9.17) is 9.47 Å². The minimum atomic E-state index is -10.7. The number of ether oxygens (including phenoxy) is 2. The first-order valence-electron chi connectivity index (χ1n) is 23.6. The molecule has 0 atom stereocenters. The Morgan fingerprint density at radius 1 is 0.333 bits per heavy atom. The Balaban J connectivity index is 0.00000162. The van der Waals surface area contributed by atoms with Gasteiger partial charge >= 0.3 is 33.0 Å². The Labute approximate surface area is 364 Å². The van der Waals surface area contributed by atoms with Gasteiger partial charge in [-0.15, -0.1) is 0 Å². The Morgan fingerprint density at radius 2 is 0.567 bits per heavy atom. The average molecular weight is 889 g/mol. The first kappa shape index (κ1) is 53.8. The number of rotatable bonds is 35. The summed E-state index contributed by atoms with van der Waals surface area (Å²) >= 11 is 0. The molecule has 3 aromatic carbocycles. The van der Waals surface area contributed by atoms with Crippen LogP contribution in [0.15, 0.2) is 93.5 Å². The van der Waals surface area contributed by atoms with Gasteiger partial charge in [-0.05, 0) is 73.5 Å². The Bertz CT molecular complexity index is 1350. The van der Waals surface area contributed by atoms with E-state index in [0.29, 0.717) is 0 Å². The Kier molecular flexibility index (Phi) is 27.4. The molecule has 0 aromatic heterocycles. The van der Waals surface area contributed by atoms with E-state index in [-0.39, 0.29) is 10.9 Å². The van der Waals surface area contributed by atoms with Crippen LogP contribution in [0.2, 0.25) is 0 Å². The predicted octanol–water partition coefficient (Wildman–Crippen LogP) is 19.9. The van der Waals surface area contributed by atoms with E-state index >= 15 is 0 Å². The number of unbranched alkanes of at least 4 members (excludes halogenated alkanes) is 26. The maximum absolute atomic E-state index is 10.7. The van der Waals surface area contributed by atoms with Crippen molar-refractivity contribution in [3.05, 3.63) is 78.9 Å². The van der Waals surface area contributed by atoms with Gasteiger partial charge in [-0.2, -0.15) is 0 Å². The summed E-state index contributed by atoms with van der Waals surface area (Å²) in [4.78, 5) is 3.96. The fraction of sp³-hybridized carbons (Fsp3) is 0.640. The Hall–Kier alpha value is -2.38.